The van der Waals surface area contributed by atoms with Gasteiger partial charge in [0, 0.05) is 51.2 Å². The molecule has 0 spiro atoms. The molecule has 0 bridgehead atoms. The van der Waals surface area contributed by atoms with Gasteiger partial charge in [-0.25, -0.2) is 9.78 Å². The van der Waals surface area contributed by atoms with E-state index >= 15 is 0 Å². The number of carbonyl (C=O) groups excluding carboxylic acids is 1. The Kier molecular flexibility index (Phi) is 5.09. The average Bonchev–Trinajstić information content (AvgIpc) is 2.86. The van der Waals surface area contributed by atoms with Gasteiger partial charge in [-0.3, -0.25) is 0 Å². The van der Waals surface area contributed by atoms with E-state index in [1.54, 1.807) is 0 Å². The molecular weight excluding hydrogens is 266 g/mol. The van der Waals surface area contributed by atoms with E-state index in [9.17, 15) is 4.79 Å². The van der Waals surface area contributed by atoms with E-state index in [2.05, 4.69) is 15.2 Å². The van der Waals surface area contributed by atoms with Crippen LogP contribution >= 0.6 is 0 Å². The molecule has 1 aliphatic heterocycles. The normalized spacial score (nSPS) is 16.3. The zero-order chi connectivity index (χ0) is 15.4. The third-order valence-electron chi connectivity index (χ3n) is 4.13. The molecule has 6 nitrogen and oxygen atoms in total. The summed E-state index contributed by atoms with van der Waals surface area (Å²) < 4.78 is 2.04. The topological polar surface area (TPSA) is 53.4 Å². The van der Waals surface area contributed by atoms with Crippen LogP contribution in [0.15, 0.2) is 12.4 Å². The number of rotatable bonds is 4. The van der Waals surface area contributed by atoms with Gasteiger partial charge >= 0.3 is 6.03 Å². The molecule has 118 valence electrons. The maximum atomic E-state index is 12.2. The maximum Gasteiger partial charge on any atom is 0.317 e. The number of hydrogen-bond donors (Lipinski definition) is 1. The summed E-state index contributed by atoms with van der Waals surface area (Å²) in [5.74, 6) is 1.01. The number of aryl methyl sites for hydroxylation is 1. The first kappa shape index (κ1) is 15.7. The smallest absolute Gasteiger partial charge is 0.317 e. The molecule has 0 aromatic carbocycles. The molecule has 1 N–H and O–H groups in total. The second-order valence-electron chi connectivity index (χ2n) is 5.93. The molecule has 1 saturated heterocycles. The lowest BCUT2D eigenvalue weighted by atomic mass is 10.1. The standard InChI is InChI=1S/C15H27N5O/c1-5-20(12(2)3)15(21)17-13-6-9-19(10-7-13)14-16-8-11-18(14)4/h8,11-13H,5-7,9-10H2,1-4H3,(H,17,21). The number of aromatic nitrogens is 2. The van der Waals surface area contributed by atoms with Crippen molar-refractivity contribution in [2.24, 2.45) is 7.05 Å². The quantitative estimate of drug-likeness (QED) is 0.921. The predicted octanol–water partition coefficient (Wildman–Crippen LogP) is 1.83. The zero-order valence-electron chi connectivity index (χ0n) is 13.5. The zero-order valence-corrected chi connectivity index (χ0v) is 13.5. The van der Waals surface area contributed by atoms with Crippen LogP contribution in [0.2, 0.25) is 0 Å². The first-order chi connectivity index (χ1) is 10.0. The molecule has 6 heteroatoms. The molecule has 0 aliphatic carbocycles. The van der Waals surface area contributed by atoms with Crippen LogP contribution in [0, 0.1) is 0 Å². The Balaban J connectivity index is 1.84. The minimum absolute atomic E-state index is 0.0583. The molecule has 0 atom stereocenters. The van der Waals surface area contributed by atoms with Crippen LogP contribution in [0.5, 0.6) is 0 Å². The Morgan fingerprint density at radius 1 is 1.48 bits per heavy atom. The molecule has 0 saturated carbocycles. The van der Waals surface area contributed by atoms with E-state index in [1.807, 2.05) is 49.7 Å². The van der Waals surface area contributed by atoms with Gasteiger partial charge < -0.3 is 19.7 Å². The summed E-state index contributed by atoms with van der Waals surface area (Å²) in [6.45, 7) is 8.73. The first-order valence-corrected chi connectivity index (χ1v) is 7.82. The average molecular weight is 293 g/mol. The molecule has 0 unspecified atom stereocenters. The maximum absolute atomic E-state index is 12.2. The number of nitrogens with one attached hydrogen (secondary N) is 1. The van der Waals surface area contributed by atoms with Crippen molar-refractivity contribution in [3.8, 4) is 0 Å². The van der Waals surface area contributed by atoms with Crippen LogP contribution in [0.3, 0.4) is 0 Å². The van der Waals surface area contributed by atoms with E-state index in [-0.39, 0.29) is 18.1 Å². The highest BCUT2D eigenvalue weighted by Gasteiger charge is 2.24. The van der Waals surface area contributed by atoms with Crippen molar-refractivity contribution in [2.45, 2.75) is 45.7 Å². The number of carbonyl (C=O) groups is 1. The third kappa shape index (κ3) is 3.68. The Labute approximate surface area is 127 Å². The highest BCUT2D eigenvalue weighted by molar-refractivity contribution is 5.74. The Morgan fingerprint density at radius 2 is 2.14 bits per heavy atom. The van der Waals surface area contributed by atoms with Gasteiger partial charge in [0.1, 0.15) is 0 Å². The van der Waals surface area contributed by atoms with Crippen molar-refractivity contribution in [1.82, 2.24) is 19.8 Å². The second-order valence-corrected chi connectivity index (χ2v) is 5.93. The van der Waals surface area contributed by atoms with Crippen molar-refractivity contribution < 1.29 is 4.79 Å². The SMILES string of the molecule is CCN(C(=O)NC1CCN(c2nccn2C)CC1)C(C)C. The van der Waals surface area contributed by atoms with Crippen molar-refractivity contribution in [3.63, 3.8) is 0 Å². The summed E-state index contributed by atoms with van der Waals surface area (Å²) in [4.78, 5) is 20.8. The van der Waals surface area contributed by atoms with E-state index in [0.717, 1.165) is 38.4 Å². The van der Waals surface area contributed by atoms with Crippen molar-refractivity contribution >= 4 is 12.0 Å². The summed E-state index contributed by atoms with van der Waals surface area (Å²) in [7, 11) is 2.01. The number of piperidine rings is 1. The highest BCUT2D eigenvalue weighted by atomic mass is 16.2. The summed E-state index contributed by atoms with van der Waals surface area (Å²) in [5, 5.41) is 3.16. The molecule has 2 rings (SSSR count). The highest BCUT2D eigenvalue weighted by Crippen LogP contribution is 2.17. The summed E-state index contributed by atoms with van der Waals surface area (Å²) in [6.07, 6.45) is 5.72. The fraction of sp³-hybridized carbons (Fsp3) is 0.733. The third-order valence-corrected chi connectivity index (χ3v) is 4.13. The molecule has 1 aromatic rings. The van der Waals surface area contributed by atoms with Gasteiger partial charge in [0.25, 0.3) is 0 Å². The number of urea groups is 1. The number of nitrogens with zero attached hydrogens (tertiary/aromatic N) is 4. The minimum Gasteiger partial charge on any atom is -0.342 e. The number of amides is 2. The van der Waals surface area contributed by atoms with Crippen molar-refractivity contribution in [1.29, 1.82) is 0 Å². The second kappa shape index (κ2) is 6.83. The van der Waals surface area contributed by atoms with Gasteiger partial charge in [0.2, 0.25) is 5.95 Å². The lowest BCUT2D eigenvalue weighted by Gasteiger charge is -2.34. The van der Waals surface area contributed by atoms with E-state index < -0.39 is 0 Å². The van der Waals surface area contributed by atoms with Crippen LogP contribution in [0.25, 0.3) is 0 Å². The number of anilines is 1. The van der Waals surface area contributed by atoms with Gasteiger partial charge in [-0.15, -0.1) is 0 Å². The molecule has 0 radical (unpaired) electrons. The minimum atomic E-state index is 0.0583. The number of hydrogen-bond acceptors (Lipinski definition) is 3. The van der Waals surface area contributed by atoms with Gasteiger partial charge in [0.05, 0.1) is 0 Å². The first-order valence-electron chi connectivity index (χ1n) is 7.82. The largest absolute Gasteiger partial charge is 0.342 e. The lowest BCUT2D eigenvalue weighted by Crippen LogP contribution is -2.51. The molecule has 1 aromatic heterocycles. The molecule has 2 heterocycles. The molecule has 1 fully saturated rings. The van der Waals surface area contributed by atoms with Gasteiger partial charge in [-0.05, 0) is 33.6 Å². The van der Waals surface area contributed by atoms with Gasteiger partial charge in [-0.1, -0.05) is 0 Å². The molecule has 2 amide bonds. The van der Waals surface area contributed by atoms with Crippen LogP contribution in [0.1, 0.15) is 33.6 Å². The molecule has 21 heavy (non-hydrogen) atoms. The Morgan fingerprint density at radius 3 is 2.62 bits per heavy atom. The van der Waals surface area contributed by atoms with Crippen LogP contribution in [-0.4, -0.2) is 52.2 Å². The predicted molar refractivity (Wildman–Crippen MR) is 84.5 cm³/mol. The Bertz CT molecular complexity index is 462. The van der Waals surface area contributed by atoms with E-state index in [0.29, 0.717) is 0 Å². The van der Waals surface area contributed by atoms with Crippen molar-refractivity contribution in [3.05, 3.63) is 12.4 Å². The summed E-state index contributed by atoms with van der Waals surface area (Å²) >= 11 is 0. The Hall–Kier alpha value is -1.72. The van der Waals surface area contributed by atoms with Crippen LogP contribution in [0.4, 0.5) is 10.7 Å². The van der Waals surface area contributed by atoms with Crippen LogP contribution in [-0.2, 0) is 7.05 Å². The summed E-state index contributed by atoms with van der Waals surface area (Å²) in [6, 6.07) is 0.562. The fourth-order valence-electron chi connectivity index (χ4n) is 2.89. The van der Waals surface area contributed by atoms with Gasteiger partial charge in [-0.2, -0.15) is 0 Å². The van der Waals surface area contributed by atoms with Crippen molar-refractivity contribution in [2.75, 3.05) is 24.5 Å². The van der Waals surface area contributed by atoms with E-state index in [4.69, 9.17) is 0 Å². The van der Waals surface area contributed by atoms with Crippen LogP contribution < -0.4 is 10.2 Å². The van der Waals surface area contributed by atoms with Gasteiger partial charge in [0.15, 0.2) is 0 Å². The molecular formula is C15H27N5O. The number of imidazole rings is 1. The van der Waals surface area contributed by atoms with E-state index in [1.165, 1.54) is 0 Å². The molecule has 1 aliphatic rings. The lowest BCUT2D eigenvalue weighted by molar-refractivity contribution is 0.180. The monoisotopic (exact) mass is 293 g/mol. The summed E-state index contributed by atoms with van der Waals surface area (Å²) in [5.41, 5.74) is 0. The fourth-order valence-corrected chi connectivity index (χ4v) is 2.89.